The van der Waals surface area contributed by atoms with Crippen molar-refractivity contribution in [1.29, 1.82) is 5.26 Å². The quantitative estimate of drug-likeness (QED) is 0.169. The van der Waals surface area contributed by atoms with Crippen molar-refractivity contribution in [3.63, 3.8) is 0 Å². The zero-order valence-electron chi connectivity index (χ0n) is 29.5. The first kappa shape index (κ1) is 30.7. The maximum absolute atomic E-state index is 9.69. The molecule has 3 heterocycles. The summed E-state index contributed by atoms with van der Waals surface area (Å²) in [7, 11) is 0. The van der Waals surface area contributed by atoms with Gasteiger partial charge in [0, 0.05) is 49.3 Å². The fourth-order valence-electron chi connectivity index (χ4n) is 8.74. The molecule has 0 spiro atoms. The number of rotatable bonds is 4. The molecule has 5 nitrogen and oxygen atoms in total. The SMILES string of the molecule is [C-]#[N+]c1cc(-c2ccccc2-n2c3ccccc3c3cc(-n4c5ccccc5c5cc(C#N)ccc54)ccc32)cc(-n2c3ccccc3c3ccccc32)c1. The fraction of sp³-hybridized carbons (Fsp3) is 0. The van der Waals surface area contributed by atoms with Gasteiger partial charge < -0.3 is 13.7 Å². The van der Waals surface area contributed by atoms with Crippen molar-refractivity contribution in [2.45, 2.75) is 0 Å². The molecule has 0 unspecified atom stereocenters. The first-order chi connectivity index (χ1) is 27.2. The predicted octanol–water partition coefficient (Wildman–Crippen LogP) is 13.1. The summed E-state index contributed by atoms with van der Waals surface area (Å²) < 4.78 is 6.94. The van der Waals surface area contributed by atoms with Gasteiger partial charge in [-0.15, -0.1) is 0 Å². The summed E-state index contributed by atoms with van der Waals surface area (Å²) in [5, 5.41) is 16.5. The molecule has 0 fully saturated rings. The van der Waals surface area contributed by atoms with Gasteiger partial charge in [0.15, 0.2) is 5.69 Å². The molecule has 254 valence electrons. The Balaban J connectivity index is 1.14. The van der Waals surface area contributed by atoms with Crippen molar-refractivity contribution in [2.75, 3.05) is 0 Å². The van der Waals surface area contributed by atoms with E-state index in [4.69, 9.17) is 6.57 Å². The molecule has 3 aromatic heterocycles. The number of benzene rings is 8. The molecule has 0 amide bonds. The molecule has 0 saturated heterocycles. The summed E-state index contributed by atoms with van der Waals surface area (Å²) >= 11 is 0. The summed E-state index contributed by atoms with van der Waals surface area (Å²) in [4.78, 5) is 3.98. The van der Waals surface area contributed by atoms with Gasteiger partial charge in [0.2, 0.25) is 0 Å². The van der Waals surface area contributed by atoms with E-state index in [2.05, 4.69) is 176 Å². The molecule has 0 aliphatic carbocycles. The Morgan fingerprint density at radius 2 is 0.909 bits per heavy atom. The topological polar surface area (TPSA) is 42.9 Å². The van der Waals surface area contributed by atoms with Crippen molar-refractivity contribution in [3.05, 3.63) is 193 Å². The number of aromatic nitrogens is 3. The molecule has 0 bridgehead atoms. The summed E-state index contributed by atoms with van der Waals surface area (Å²) in [6.07, 6.45) is 0. The third-order valence-corrected chi connectivity index (χ3v) is 11.0. The first-order valence-corrected chi connectivity index (χ1v) is 18.3. The molecule has 8 aromatic carbocycles. The van der Waals surface area contributed by atoms with E-state index in [1.165, 1.54) is 10.8 Å². The van der Waals surface area contributed by atoms with Gasteiger partial charge in [0.25, 0.3) is 0 Å². The zero-order chi connectivity index (χ0) is 36.6. The van der Waals surface area contributed by atoms with Crippen molar-refractivity contribution in [3.8, 4) is 34.3 Å². The summed E-state index contributed by atoms with van der Waals surface area (Å²) in [6.45, 7) is 8.15. The smallest absolute Gasteiger partial charge is 0.189 e. The standard InChI is InChI=1S/C50H29N5/c1-52-34-27-33(28-36(29-34)54-45-18-8-3-13-38(45)39-14-4-9-19-46(39)54)37-12-2-7-17-44(37)55-48-21-11-6-16-41(48)43-30-35(23-25-50(43)55)53-47-20-10-5-15-40(47)42-26-32(31-51)22-24-49(42)53/h2-30H. The van der Waals surface area contributed by atoms with E-state index < -0.39 is 0 Å². The molecular weight excluding hydrogens is 671 g/mol. The molecular formula is C50H29N5. The van der Waals surface area contributed by atoms with Gasteiger partial charge in [0.05, 0.1) is 57.0 Å². The van der Waals surface area contributed by atoms with Crippen molar-refractivity contribution in [1.82, 2.24) is 13.7 Å². The molecule has 0 N–H and O–H groups in total. The van der Waals surface area contributed by atoms with Crippen LogP contribution in [0.15, 0.2) is 176 Å². The second-order valence-electron chi connectivity index (χ2n) is 14.0. The van der Waals surface area contributed by atoms with Gasteiger partial charge >= 0.3 is 0 Å². The Kier molecular flexibility index (Phi) is 6.61. The molecule has 0 atom stereocenters. The van der Waals surface area contributed by atoms with E-state index in [1.54, 1.807) is 0 Å². The van der Waals surface area contributed by atoms with Crippen LogP contribution >= 0.6 is 0 Å². The molecule has 11 aromatic rings. The third-order valence-electron chi connectivity index (χ3n) is 11.0. The van der Waals surface area contributed by atoms with Crippen LogP contribution in [0, 0.1) is 17.9 Å². The molecule has 0 aliphatic rings. The predicted molar refractivity (Wildman–Crippen MR) is 226 cm³/mol. The highest BCUT2D eigenvalue weighted by Crippen LogP contribution is 2.41. The Hall–Kier alpha value is -7.86. The number of nitrogens with zero attached hydrogens (tertiary/aromatic N) is 5. The number of para-hydroxylation sites is 5. The van der Waals surface area contributed by atoms with Crippen LogP contribution in [0.4, 0.5) is 5.69 Å². The monoisotopic (exact) mass is 699 g/mol. The average Bonchev–Trinajstić information content (AvgIpc) is 3.88. The lowest BCUT2D eigenvalue weighted by atomic mass is 10.0. The van der Waals surface area contributed by atoms with Crippen LogP contribution in [0.3, 0.4) is 0 Å². The molecule has 0 aliphatic heterocycles. The normalized spacial score (nSPS) is 11.6. The maximum Gasteiger partial charge on any atom is 0.189 e. The Bertz CT molecular complexity index is 3420. The third kappa shape index (κ3) is 4.51. The minimum Gasteiger partial charge on any atom is -0.310 e. The van der Waals surface area contributed by atoms with Crippen LogP contribution in [-0.4, -0.2) is 13.7 Å². The van der Waals surface area contributed by atoms with Crippen LogP contribution in [-0.2, 0) is 0 Å². The van der Waals surface area contributed by atoms with Crippen LogP contribution in [0.25, 0.3) is 98.5 Å². The van der Waals surface area contributed by atoms with Crippen LogP contribution in [0.1, 0.15) is 5.56 Å². The molecule has 55 heavy (non-hydrogen) atoms. The Morgan fingerprint density at radius 3 is 1.55 bits per heavy atom. The highest BCUT2D eigenvalue weighted by Gasteiger charge is 2.20. The molecule has 5 heteroatoms. The summed E-state index contributed by atoms with van der Waals surface area (Å²) in [6, 6.07) is 63.7. The average molecular weight is 700 g/mol. The summed E-state index contributed by atoms with van der Waals surface area (Å²) in [5.74, 6) is 0. The molecule has 0 radical (unpaired) electrons. The lowest BCUT2D eigenvalue weighted by Gasteiger charge is -2.16. The number of hydrogen-bond acceptors (Lipinski definition) is 1. The molecule has 0 saturated carbocycles. The highest BCUT2D eigenvalue weighted by molar-refractivity contribution is 6.13. The molecule has 11 rings (SSSR count). The van der Waals surface area contributed by atoms with E-state index in [1.807, 2.05) is 24.3 Å². The van der Waals surface area contributed by atoms with E-state index in [-0.39, 0.29) is 0 Å². The number of hydrogen-bond donors (Lipinski definition) is 0. The van der Waals surface area contributed by atoms with Gasteiger partial charge in [-0.3, -0.25) is 0 Å². The fourth-order valence-corrected chi connectivity index (χ4v) is 8.74. The highest BCUT2D eigenvalue weighted by atomic mass is 15.0. The lowest BCUT2D eigenvalue weighted by molar-refractivity contribution is 1.16. The van der Waals surface area contributed by atoms with Gasteiger partial charge in [-0.2, -0.15) is 5.26 Å². The minimum absolute atomic E-state index is 0.587. The van der Waals surface area contributed by atoms with E-state index in [0.29, 0.717) is 11.3 Å². The van der Waals surface area contributed by atoms with Gasteiger partial charge in [0.1, 0.15) is 0 Å². The summed E-state index contributed by atoms with van der Waals surface area (Å²) in [5.41, 5.74) is 12.9. The Labute approximate surface area is 316 Å². The van der Waals surface area contributed by atoms with Crippen LogP contribution in [0.5, 0.6) is 0 Å². The van der Waals surface area contributed by atoms with Crippen molar-refractivity contribution >= 4 is 71.1 Å². The van der Waals surface area contributed by atoms with Gasteiger partial charge in [-0.1, -0.05) is 91.0 Å². The second kappa shape index (κ2) is 11.8. The van der Waals surface area contributed by atoms with E-state index >= 15 is 0 Å². The number of fused-ring (bicyclic) bond motifs is 9. The van der Waals surface area contributed by atoms with Crippen molar-refractivity contribution in [2.24, 2.45) is 0 Å². The first-order valence-electron chi connectivity index (χ1n) is 18.3. The van der Waals surface area contributed by atoms with E-state index in [9.17, 15) is 5.26 Å². The number of nitriles is 1. The second-order valence-corrected chi connectivity index (χ2v) is 14.0. The lowest BCUT2D eigenvalue weighted by Crippen LogP contribution is -1.99. The largest absolute Gasteiger partial charge is 0.310 e. The zero-order valence-corrected chi connectivity index (χ0v) is 29.5. The minimum atomic E-state index is 0.587. The van der Waals surface area contributed by atoms with Crippen LogP contribution < -0.4 is 0 Å². The Morgan fingerprint density at radius 1 is 0.418 bits per heavy atom. The van der Waals surface area contributed by atoms with Crippen LogP contribution in [0.2, 0.25) is 0 Å². The van der Waals surface area contributed by atoms with Crippen molar-refractivity contribution < 1.29 is 0 Å². The van der Waals surface area contributed by atoms with E-state index in [0.717, 1.165) is 82.8 Å². The maximum atomic E-state index is 9.69. The van der Waals surface area contributed by atoms with Gasteiger partial charge in [-0.05, 0) is 90.5 Å². The van der Waals surface area contributed by atoms with Gasteiger partial charge in [-0.25, -0.2) is 4.85 Å².